The maximum absolute atomic E-state index is 13.1. The Labute approximate surface area is 179 Å². The molecular formula is C25H36O5. The van der Waals surface area contributed by atoms with E-state index >= 15 is 0 Å². The van der Waals surface area contributed by atoms with E-state index in [4.69, 9.17) is 9.47 Å². The lowest BCUT2D eigenvalue weighted by atomic mass is 9.46. The summed E-state index contributed by atoms with van der Waals surface area (Å²) >= 11 is 0. The van der Waals surface area contributed by atoms with Gasteiger partial charge in [-0.2, -0.15) is 0 Å². The van der Waals surface area contributed by atoms with Crippen LogP contribution >= 0.6 is 0 Å². The number of carbonyl (C=O) groups excluding carboxylic acids is 2. The fourth-order valence-electron chi connectivity index (χ4n) is 7.97. The average Bonchev–Trinajstić information content (AvgIpc) is 3.00. The second kappa shape index (κ2) is 7.44. The second-order valence-electron chi connectivity index (χ2n) is 11.0. The highest BCUT2D eigenvalue weighted by atomic mass is 16.7. The van der Waals surface area contributed by atoms with Gasteiger partial charge in [0.15, 0.2) is 17.8 Å². The van der Waals surface area contributed by atoms with Gasteiger partial charge < -0.3 is 14.6 Å². The van der Waals surface area contributed by atoms with Crippen LogP contribution in [0.1, 0.15) is 78.1 Å². The van der Waals surface area contributed by atoms with Crippen molar-refractivity contribution in [3.63, 3.8) is 0 Å². The maximum Gasteiger partial charge on any atom is 0.197 e. The Morgan fingerprint density at radius 3 is 2.67 bits per heavy atom. The van der Waals surface area contributed by atoms with Gasteiger partial charge in [0.2, 0.25) is 0 Å². The standard InChI is InChI=1S/C25H36O5/c1-24-11-9-19(26)23(28)18(24)7-6-16-17(24)8-10-25(2)20(27)13-15(22(16)25)14-30-21-5-3-4-12-29-21/h15-17,21-22,28H,3-14H2,1-2H3/t15?,16-,17-,21?,22+,24-,25-/m1/s1. The van der Waals surface area contributed by atoms with Crippen LogP contribution in [-0.2, 0) is 19.1 Å². The molecule has 1 N–H and O–H groups in total. The van der Waals surface area contributed by atoms with Crippen LogP contribution in [0.4, 0.5) is 0 Å². The largest absolute Gasteiger partial charge is 0.504 e. The van der Waals surface area contributed by atoms with E-state index in [9.17, 15) is 14.7 Å². The molecule has 5 nitrogen and oxygen atoms in total. The Morgan fingerprint density at radius 1 is 1.07 bits per heavy atom. The molecule has 5 rings (SSSR count). The normalized spacial score (nSPS) is 46.4. The van der Waals surface area contributed by atoms with Crippen molar-refractivity contribution in [2.45, 2.75) is 84.3 Å². The summed E-state index contributed by atoms with van der Waals surface area (Å²) < 4.78 is 12.0. The molecule has 166 valence electrons. The van der Waals surface area contributed by atoms with Crippen LogP contribution in [0.25, 0.3) is 0 Å². The number of rotatable bonds is 3. The van der Waals surface area contributed by atoms with E-state index in [1.807, 2.05) is 0 Å². The zero-order chi connectivity index (χ0) is 21.1. The SMILES string of the molecule is C[C@]12CCC(=O)C(O)=C1CC[C@@H]1[C@H]2CC[C@]2(C)C(=O)CC(COC3CCCCO3)[C@@H]12. The van der Waals surface area contributed by atoms with E-state index < -0.39 is 0 Å². The average molecular weight is 417 g/mol. The monoisotopic (exact) mass is 416 g/mol. The minimum Gasteiger partial charge on any atom is -0.504 e. The molecule has 5 heteroatoms. The molecule has 0 amide bonds. The van der Waals surface area contributed by atoms with Crippen molar-refractivity contribution in [3.05, 3.63) is 11.3 Å². The predicted octanol–water partition coefficient (Wildman–Crippen LogP) is 4.74. The van der Waals surface area contributed by atoms with Crippen molar-refractivity contribution in [3.8, 4) is 0 Å². The summed E-state index contributed by atoms with van der Waals surface area (Å²) in [5, 5.41) is 10.5. The molecule has 1 heterocycles. The molecule has 7 atom stereocenters. The first kappa shape index (κ1) is 20.7. The highest BCUT2D eigenvalue weighted by molar-refractivity contribution is 5.95. The van der Waals surface area contributed by atoms with Gasteiger partial charge in [-0.1, -0.05) is 13.8 Å². The third kappa shape index (κ3) is 3.02. The molecule has 1 saturated heterocycles. The predicted molar refractivity (Wildman–Crippen MR) is 112 cm³/mol. The number of aliphatic hydroxyl groups excluding tert-OH is 1. The number of hydrogen-bond donors (Lipinski definition) is 1. The quantitative estimate of drug-likeness (QED) is 0.719. The molecule has 0 aromatic heterocycles. The van der Waals surface area contributed by atoms with E-state index in [1.165, 1.54) is 0 Å². The molecule has 0 spiro atoms. The van der Waals surface area contributed by atoms with E-state index in [0.29, 0.717) is 43.0 Å². The summed E-state index contributed by atoms with van der Waals surface area (Å²) in [6, 6.07) is 0. The number of hydrogen-bond acceptors (Lipinski definition) is 5. The zero-order valence-corrected chi connectivity index (χ0v) is 18.5. The highest BCUT2D eigenvalue weighted by Crippen LogP contribution is 2.66. The fourth-order valence-corrected chi connectivity index (χ4v) is 7.97. The summed E-state index contributed by atoms with van der Waals surface area (Å²) in [6.45, 7) is 5.85. The molecule has 3 saturated carbocycles. The van der Waals surface area contributed by atoms with Gasteiger partial charge in [-0.25, -0.2) is 0 Å². The van der Waals surface area contributed by atoms with Gasteiger partial charge in [0.05, 0.1) is 6.61 Å². The number of allylic oxidation sites excluding steroid dienone is 1. The van der Waals surface area contributed by atoms with Crippen molar-refractivity contribution in [1.82, 2.24) is 0 Å². The second-order valence-corrected chi connectivity index (χ2v) is 11.0. The van der Waals surface area contributed by atoms with Gasteiger partial charge in [0.25, 0.3) is 0 Å². The molecule has 4 aliphatic carbocycles. The van der Waals surface area contributed by atoms with Crippen LogP contribution in [0, 0.1) is 34.5 Å². The summed E-state index contributed by atoms with van der Waals surface area (Å²) in [5.74, 6) is 1.88. The minimum absolute atomic E-state index is 0.0485. The lowest BCUT2D eigenvalue weighted by Crippen LogP contribution is -2.52. The molecular weight excluding hydrogens is 380 g/mol. The molecule has 2 unspecified atom stereocenters. The summed E-state index contributed by atoms with van der Waals surface area (Å²) in [4.78, 5) is 25.3. The van der Waals surface area contributed by atoms with Gasteiger partial charge in [-0.3, -0.25) is 9.59 Å². The third-order valence-corrected chi connectivity index (χ3v) is 9.57. The van der Waals surface area contributed by atoms with Crippen LogP contribution in [0.2, 0.25) is 0 Å². The molecule has 0 radical (unpaired) electrons. The lowest BCUT2D eigenvalue weighted by molar-refractivity contribution is -0.176. The number of Topliss-reactive ketones (excluding diaryl/α,β-unsaturated/α-hetero) is 2. The van der Waals surface area contributed by atoms with Gasteiger partial charge in [0, 0.05) is 24.9 Å². The summed E-state index contributed by atoms with van der Waals surface area (Å²) in [7, 11) is 0. The Hall–Kier alpha value is -1.20. The van der Waals surface area contributed by atoms with Crippen molar-refractivity contribution in [2.75, 3.05) is 13.2 Å². The minimum atomic E-state index is -0.243. The van der Waals surface area contributed by atoms with Gasteiger partial charge >= 0.3 is 0 Å². The molecule has 30 heavy (non-hydrogen) atoms. The Balaban J connectivity index is 1.40. The van der Waals surface area contributed by atoms with Crippen molar-refractivity contribution in [1.29, 1.82) is 0 Å². The van der Waals surface area contributed by atoms with E-state index in [2.05, 4.69) is 13.8 Å². The number of aliphatic hydroxyl groups is 1. The third-order valence-electron chi connectivity index (χ3n) is 9.57. The zero-order valence-electron chi connectivity index (χ0n) is 18.5. The first-order valence-electron chi connectivity index (χ1n) is 12.1. The van der Waals surface area contributed by atoms with Crippen LogP contribution in [0.15, 0.2) is 11.3 Å². The summed E-state index contributed by atoms with van der Waals surface area (Å²) in [5.41, 5.74) is 0.648. The molecule has 0 aromatic carbocycles. The van der Waals surface area contributed by atoms with Crippen molar-refractivity contribution in [2.24, 2.45) is 34.5 Å². The van der Waals surface area contributed by atoms with E-state index in [0.717, 1.165) is 63.5 Å². The number of fused-ring (bicyclic) bond motifs is 5. The van der Waals surface area contributed by atoms with Crippen LogP contribution < -0.4 is 0 Å². The highest BCUT2D eigenvalue weighted by Gasteiger charge is 2.62. The number of ketones is 2. The van der Waals surface area contributed by atoms with E-state index in [-0.39, 0.29) is 34.6 Å². The first-order valence-corrected chi connectivity index (χ1v) is 12.1. The lowest BCUT2D eigenvalue weighted by Gasteiger charge is -2.57. The molecule has 5 aliphatic rings. The Morgan fingerprint density at radius 2 is 1.90 bits per heavy atom. The van der Waals surface area contributed by atoms with Gasteiger partial charge in [0.1, 0.15) is 5.78 Å². The Bertz CT molecular complexity index is 766. The molecule has 0 aromatic rings. The first-order chi connectivity index (χ1) is 14.3. The van der Waals surface area contributed by atoms with Crippen molar-refractivity contribution >= 4 is 11.6 Å². The molecule has 0 bridgehead atoms. The maximum atomic E-state index is 13.1. The van der Waals surface area contributed by atoms with Crippen LogP contribution in [-0.4, -0.2) is 36.2 Å². The smallest absolute Gasteiger partial charge is 0.197 e. The fraction of sp³-hybridized carbons (Fsp3) is 0.840. The van der Waals surface area contributed by atoms with Gasteiger partial charge in [-0.15, -0.1) is 0 Å². The van der Waals surface area contributed by atoms with Crippen molar-refractivity contribution < 1.29 is 24.2 Å². The van der Waals surface area contributed by atoms with Crippen LogP contribution in [0.3, 0.4) is 0 Å². The molecule has 4 fully saturated rings. The van der Waals surface area contributed by atoms with Crippen LogP contribution in [0.5, 0.6) is 0 Å². The van der Waals surface area contributed by atoms with Gasteiger partial charge in [-0.05, 0) is 86.0 Å². The van der Waals surface area contributed by atoms with E-state index in [1.54, 1.807) is 0 Å². The molecule has 1 aliphatic heterocycles. The topological polar surface area (TPSA) is 72.8 Å². The number of carbonyl (C=O) groups is 2. The Kier molecular flexibility index (Phi) is 5.13. The number of ether oxygens (including phenoxy) is 2. The summed E-state index contributed by atoms with van der Waals surface area (Å²) in [6.07, 6.45) is 8.70.